The van der Waals surface area contributed by atoms with Gasteiger partial charge in [0.2, 0.25) is 0 Å². The summed E-state index contributed by atoms with van der Waals surface area (Å²) in [4.78, 5) is 0. The van der Waals surface area contributed by atoms with Crippen LogP contribution in [0, 0.1) is 10.8 Å². The quantitative estimate of drug-likeness (QED) is 0.244. The Morgan fingerprint density at radius 1 is 0.625 bits per heavy atom. The molecule has 0 aromatic rings. The van der Waals surface area contributed by atoms with Gasteiger partial charge in [0, 0.05) is 0 Å². The molecule has 0 saturated heterocycles. The zero-order chi connectivity index (χ0) is 29.8. The second-order valence-corrected chi connectivity index (χ2v) is 12.9. The topological polar surface area (TPSA) is 0 Å². The molecule has 0 aromatic heterocycles. The van der Waals surface area contributed by atoms with Crippen LogP contribution in [0.1, 0.15) is 94.9 Å². The highest BCUT2D eigenvalue weighted by Crippen LogP contribution is 2.41. The normalized spacial score (nSPS) is 21.6. The first-order valence-corrected chi connectivity index (χ1v) is 15.0. The predicted octanol–water partition coefficient (Wildman–Crippen LogP) is 12.4. The fraction of sp³-hybridized carbons (Fsp3) is 0.400. The second-order valence-electron chi connectivity index (χ2n) is 12.9. The van der Waals surface area contributed by atoms with E-state index in [1.807, 2.05) is 0 Å². The van der Waals surface area contributed by atoms with Crippen LogP contribution in [0.25, 0.3) is 0 Å². The Balaban J connectivity index is 1.89. The molecule has 0 nitrogen and oxygen atoms in total. The average molecular weight is 535 g/mol. The number of hydrogen-bond donors (Lipinski definition) is 0. The van der Waals surface area contributed by atoms with Crippen molar-refractivity contribution in [2.45, 2.75) is 94.9 Å². The van der Waals surface area contributed by atoms with Crippen LogP contribution in [0.3, 0.4) is 0 Å². The molecule has 0 radical (unpaired) electrons. The van der Waals surface area contributed by atoms with Crippen LogP contribution < -0.4 is 0 Å². The number of allylic oxidation sites excluding steroid dienone is 24. The summed E-state index contributed by atoms with van der Waals surface area (Å²) < 4.78 is 0. The van der Waals surface area contributed by atoms with E-state index in [-0.39, 0.29) is 10.8 Å². The molecule has 0 saturated carbocycles. The lowest BCUT2D eigenvalue weighted by Crippen LogP contribution is -2.19. The Morgan fingerprint density at radius 2 is 1.10 bits per heavy atom. The molecule has 2 rings (SSSR count). The lowest BCUT2D eigenvalue weighted by molar-refractivity contribution is 0.377. The molecule has 0 atom stereocenters. The van der Waals surface area contributed by atoms with Crippen molar-refractivity contribution < 1.29 is 0 Å². The van der Waals surface area contributed by atoms with Crippen molar-refractivity contribution >= 4 is 0 Å². The molecule has 0 heteroatoms. The third-order valence-electron chi connectivity index (χ3n) is 7.98. The molecule has 40 heavy (non-hydrogen) atoms. The Hall–Kier alpha value is -3.12. The highest BCUT2D eigenvalue weighted by atomic mass is 14.3. The van der Waals surface area contributed by atoms with E-state index in [1.54, 1.807) is 5.57 Å². The molecule has 0 unspecified atom stereocenters. The van der Waals surface area contributed by atoms with Gasteiger partial charge in [0.05, 0.1) is 0 Å². The maximum atomic E-state index is 2.37. The van der Waals surface area contributed by atoms with Crippen molar-refractivity contribution in [2.24, 2.45) is 10.8 Å². The summed E-state index contributed by atoms with van der Waals surface area (Å²) in [6.45, 7) is 22.5. The fourth-order valence-corrected chi connectivity index (χ4v) is 5.40. The van der Waals surface area contributed by atoms with Crippen molar-refractivity contribution in [3.63, 3.8) is 0 Å². The summed E-state index contributed by atoms with van der Waals surface area (Å²) in [5.74, 6) is 0. The van der Waals surface area contributed by atoms with E-state index in [2.05, 4.69) is 166 Å². The molecule has 214 valence electrons. The largest absolute Gasteiger partial charge is 0.0834 e. The van der Waals surface area contributed by atoms with Crippen LogP contribution in [0.2, 0.25) is 0 Å². The van der Waals surface area contributed by atoms with Gasteiger partial charge in [0.1, 0.15) is 0 Å². The van der Waals surface area contributed by atoms with E-state index in [4.69, 9.17) is 0 Å². The molecule has 0 amide bonds. The molecule has 0 N–H and O–H groups in total. The molecule has 2 aliphatic carbocycles. The zero-order valence-corrected chi connectivity index (χ0v) is 27.1. The van der Waals surface area contributed by atoms with E-state index in [0.717, 1.165) is 6.42 Å². The van der Waals surface area contributed by atoms with Crippen molar-refractivity contribution in [3.05, 3.63) is 142 Å². The van der Waals surface area contributed by atoms with Gasteiger partial charge in [0.15, 0.2) is 0 Å². The van der Waals surface area contributed by atoms with E-state index in [1.165, 1.54) is 58.3 Å². The minimum Gasteiger partial charge on any atom is -0.0834 e. The smallest absolute Gasteiger partial charge is 0.00664 e. The standard InChI is InChI=1S/C40H54/c1-31(19-13-21-33(3)25-27-37-35(5)23-15-29-39(37,7)8)17-11-12-18-32(2)20-14-22-34(4)26-28-38-36(6)24-16-30-40(38,9)10/h11-15,17-23,25-28H,16,24,29-30H2,1-10H3/b12-11+,19-13+,20-14-,27-25+,28-26+,31-17+,32-18+,33-21+,34-22-. The number of rotatable bonds is 10. The van der Waals surface area contributed by atoms with Crippen LogP contribution in [0.5, 0.6) is 0 Å². The summed E-state index contributed by atoms with van der Waals surface area (Å²) in [5.41, 5.74) is 11.3. The van der Waals surface area contributed by atoms with E-state index < -0.39 is 0 Å². The Bertz CT molecular complexity index is 1260. The summed E-state index contributed by atoms with van der Waals surface area (Å²) in [7, 11) is 0. The molecule has 2 aliphatic rings. The summed E-state index contributed by atoms with van der Waals surface area (Å²) in [6, 6.07) is 0. The van der Waals surface area contributed by atoms with Gasteiger partial charge in [-0.05, 0) is 94.8 Å². The van der Waals surface area contributed by atoms with Gasteiger partial charge in [-0.1, -0.05) is 153 Å². The third-order valence-corrected chi connectivity index (χ3v) is 7.98. The van der Waals surface area contributed by atoms with Gasteiger partial charge in [-0.3, -0.25) is 0 Å². The first kappa shape index (κ1) is 33.1. The molecular weight excluding hydrogens is 480 g/mol. The van der Waals surface area contributed by atoms with E-state index >= 15 is 0 Å². The average Bonchev–Trinajstić information content (AvgIpc) is 2.85. The lowest BCUT2D eigenvalue weighted by Gasteiger charge is -2.32. The van der Waals surface area contributed by atoms with E-state index in [9.17, 15) is 0 Å². The lowest BCUT2D eigenvalue weighted by atomic mass is 9.72. The Morgan fingerprint density at radius 3 is 1.60 bits per heavy atom. The van der Waals surface area contributed by atoms with Gasteiger partial charge in [-0.15, -0.1) is 0 Å². The van der Waals surface area contributed by atoms with Crippen LogP contribution in [0.15, 0.2) is 142 Å². The highest BCUT2D eigenvalue weighted by molar-refractivity contribution is 5.42. The molecule has 0 spiro atoms. The number of hydrogen-bond acceptors (Lipinski definition) is 0. The molecular formula is C40H54. The molecule has 0 bridgehead atoms. The van der Waals surface area contributed by atoms with E-state index in [0.29, 0.717) is 0 Å². The van der Waals surface area contributed by atoms with Crippen LogP contribution >= 0.6 is 0 Å². The van der Waals surface area contributed by atoms with Gasteiger partial charge in [0.25, 0.3) is 0 Å². The van der Waals surface area contributed by atoms with Gasteiger partial charge < -0.3 is 0 Å². The van der Waals surface area contributed by atoms with Crippen molar-refractivity contribution in [1.29, 1.82) is 0 Å². The maximum Gasteiger partial charge on any atom is -0.00664 e. The highest BCUT2D eigenvalue weighted by Gasteiger charge is 2.26. The van der Waals surface area contributed by atoms with Gasteiger partial charge in [-0.25, -0.2) is 0 Å². The first-order chi connectivity index (χ1) is 18.8. The summed E-state index contributed by atoms with van der Waals surface area (Å²) in [6.07, 6.45) is 40.0. The van der Waals surface area contributed by atoms with Gasteiger partial charge in [-0.2, -0.15) is 0 Å². The SMILES string of the molecule is CC1=C(/C=C/C(C)=C/C=C/C(C)=C/C=C/C=C(C)/C=C\C=C(C)/C=C/C2=C(C)CCCC2(C)C)C(C)(C)CC=C1. The molecule has 0 fully saturated rings. The minimum atomic E-state index is 0.204. The monoisotopic (exact) mass is 534 g/mol. The third kappa shape index (κ3) is 11.2. The minimum absolute atomic E-state index is 0.204. The maximum absolute atomic E-state index is 2.37. The predicted molar refractivity (Wildman–Crippen MR) is 181 cm³/mol. The van der Waals surface area contributed by atoms with Crippen molar-refractivity contribution in [2.75, 3.05) is 0 Å². The summed E-state index contributed by atoms with van der Waals surface area (Å²) in [5, 5.41) is 0. The van der Waals surface area contributed by atoms with Crippen LogP contribution in [-0.2, 0) is 0 Å². The Kier molecular flexibility index (Phi) is 12.9. The Labute approximate surface area is 247 Å². The van der Waals surface area contributed by atoms with Gasteiger partial charge >= 0.3 is 0 Å². The first-order valence-electron chi connectivity index (χ1n) is 15.0. The van der Waals surface area contributed by atoms with Crippen molar-refractivity contribution in [1.82, 2.24) is 0 Å². The second kappa shape index (κ2) is 15.6. The fourth-order valence-electron chi connectivity index (χ4n) is 5.40. The molecule has 0 aliphatic heterocycles. The molecule has 0 aromatic carbocycles. The summed E-state index contributed by atoms with van der Waals surface area (Å²) >= 11 is 0. The van der Waals surface area contributed by atoms with Crippen LogP contribution in [-0.4, -0.2) is 0 Å². The molecule has 0 heterocycles. The van der Waals surface area contributed by atoms with Crippen molar-refractivity contribution in [3.8, 4) is 0 Å². The zero-order valence-electron chi connectivity index (χ0n) is 27.1. The van der Waals surface area contributed by atoms with Crippen LogP contribution in [0.4, 0.5) is 0 Å².